The second-order valence-electron chi connectivity index (χ2n) is 6.68. The number of likely N-dealkylation sites (N-methyl/N-ethyl adjacent to an activating group) is 1. The van der Waals surface area contributed by atoms with E-state index in [1.807, 2.05) is 6.07 Å². The number of anilines is 1. The number of aliphatic hydroxyl groups excluding tert-OH is 1. The highest BCUT2D eigenvalue weighted by Gasteiger charge is 2.23. The Morgan fingerprint density at radius 2 is 2.04 bits per heavy atom. The molecular weight excluding hydrogens is 344 g/mol. The van der Waals surface area contributed by atoms with Gasteiger partial charge >= 0.3 is 0 Å². The first-order valence-corrected chi connectivity index (χ1v) is 8.97. The van der Waals surface area contributed by atoms with Gasteiger partial charge in [-0.2, -0.15) is 0 Å². The largest absolute Gasteiger partial charge is 0.497 e. The maximum Gasteiger partial charge on any atom is 0.253 e. The fourth-order valence-corrected chi connectivity index (χ4v) is 3.24. The van der Waals surface area contributed by atoms with Gasteiger partial charge in [-0.25, -0.2) is 0 Å². The Morgan fingerprint density at radius 1 is 1.26 bits per heavy atom. The van der Waals surface area contributed by atoms with Crippen LogP contribution in [0.15, 0.2) is 48.5 Å². The van der Waals surface area contributed by atoms with E-state index in [-0.39, 0.29) is 18.4 Å². The normalized spacial score (nSPS) is 14.9. The van der Waals surface area contributed by atoms with E-state index in [1.165, 1.54) is 4.90 Å². The summed E-state index contributed by atoms with van der Waals surface area (Å²) in [4.78, 5) is 27.9. The Bertz CT molecular complexity index is 836. The number of nitrogens with zero attached hydrogens (tertiary/aromatic N) is 2. The van der Waals surface area contributed by atoms with Crippen molar-refractivity contribution in [2.24, 2.45) is 0 Å². The van der Waals surface area contributed by atoms with Crippen molar-refractivity contribution in [2.45, 2.75) is 18.9 Å². The zero-order valence-electron chi connectivity index (χ0n) is 15.6. The lowest BCUT2D eigenvalue weighted by Gasteiger charge is -2.22. The van der Waals surface area contributed by atoms with Crippen LogP contribution in [-0.2, 0) is 4.79 Å². The molecule has 0 aromatic heterocycles. The maximum absolute atomic E-state index is 12.8. The Morgan fingerprint density at radius 3 is 2.74 bits per heavy atom. The van der Waals surface area contributed by atoms with E-state index in [4.69, 9.17) is 4.74 Å². The molecule has 1 heterocycles. The molecule has 0 aliphatic carbocycles. The molecule has 0 radical (unpaired) electrons. The molecule has 1 atom stereocenters. The van der Waals surface area contributed by atoms with Gasteiger partial charge in [0, 0.05) is 31.3 Å². The van der Waals surface area contributed by atoms with Crippen LogP contribution in [0.1, 0.15) is 34.9 Å². The minimum Gasteiger partial charge on any atom is -0.497 e. The molecular formula is C21H24N2O4. The molecule has 1 fully saturated rings. The van der Waals surface area contributed by atoms with Gasteiger partial charge in [0.2, 0.25) is 5.91 Å². The number of ether oxygens (including phenoxy) is 1. The smallest absolute Gasteiger partial charge is 0.253 e. The van der Waals surface area contributed by atoms with Gasteiger partial charge in [-0.3, -0.25) is 9.59 Å². The zero-order chi connectivity index (χ0) is 19.4. The average Bonchev–Trinajstić information content (AvgIpc) is 3.13. The molecule has 0 spiro atoms. The second kappa shape index (κ2) is 8.22. The predicted octanol–water partition coefficient (Wildman–Crippen LogP) is 2.63. The number of amides is 2. The Kier molecular flexibility index (Phi) is 5.76. The first-order valence-electron chi connectivity index (χ1n) is 8.97. The van der Waals surface area contributed by atoms with Crippen LogP contribution in [0.25, 0.3) is 0 Å². The van der Waals surface area contributed by atoms with Gasteiger partial charge in [-0.15, -0.1) is 0 Å². The van der Waals surface area contributed by atoms with Crippen molar-refractivity contribution >= 4 is 17.5 Å². The van der Waals surface area contributed by atoms with Crippen LogP contribution >= 0.6 is 0 Å². The summed E-state index contributed by atoms with van der Waals surface area (Å²) in [6.45, 7) is 0.833. The summed E-state index contributed by atoms with van der Waals surface area (Å²) in [7, 11) is 3.22. The van der Waals surface area contributed by atoms with Gasteiger partial charge in [-0.1, -0.05) is 18.2 Å². The summed E-state index contributed by atoms with van der Waals surface area (Å²) in [6, 6.07) is 14.2. The topological polar surface area (TPSA) is 70.1 Å². The summed E-state index contributed by atoms with van der Waals surface area (Å²) in [6.07, 6.45) is 0.562. The number of aliphatic hydroxyl groups is 1. The van der Waals surface area contributed by atoms with Crippen LogP contribution in [0.3, 0.4) is 0 Å². The van der Waals surface area contributed by atoms with Crippen LogP contribution in [0, 0.1) is 0 Å². The highest BCUT2D eigenvalue weighted by Crippen LogP contribution is 2.24. The highest BCUT2D eigenvalue weighted by atomic mass is 16.5. The quantitative estimate of drug-likeness (QED) is 0.851. The highest BCUT2D eigenvalue weighted by molar-refractivity contribution is 5.99. The van der Waals surface area contributed by atoms with Crippen molar-refractivity contribution in [2.75, 3.05) is 32.1 Å². The SMILES string of the molecule is COc1cccc(C(O)CN(C)C(=O)c2cccc(N3CCCC3=O)c2)c1. The summed E-state index contributed by atoms with van der Waals surface area (Å²) >= 11 is 0. The van der Waals surface area contributed by atoms with E-state index >= 15 is 0 Å². The van der Waals surface area contributed by atoms with Crippen molar-refractivity contribution in [1.82, 2.24) is 4.90 Å². The van der Waals surface area contributed by atoms with Crippen molar-refractivity contribution in [3.63, 3.8) is 0 Å². The van der Waals surface area contributed by atoms with Crippen molar-refractivity contribution in [3.05, 3.63) is 59.7 Å². The molecule has 2 amide bonds. The molecule has 142 valence electrons. The number of carbonyl (C=O) groups is 2. The molecule has 2 aromatic rings. The molecule has 3 rings (SSSR count). The lowest BCUT2D eigenvalue weighted by atomic mass is 10.1. The lowest BCUT2D eigenvalue weighted by molar-refractivity contribution is -0.117. The molecule has 1 N–H and O–H groups in total. The molecule has 27 heavy (non-hydrogen) atoms. The molecule has 2 aromatic carbocycles. The molecule has 0 bridgehead atoms. The lowest BCUT2D eigenvalue weighted by Crippen LogP contribution is -2.31. The number of hydrogen-bond donors (Lipinski definition) is 1. The van der Waals surface area contributed by atoms with Crippen LogP contribution in [0.4, 0.5) is 5.69 Å². The van der Waals surface area contributed by atoms with E-state index in [2.05, 4.69) is 0 Å². The van der Waals surface area contributed by atoms with Gasteiger partial charge < -0.3 is 19.6 Å². The first-order chi connectivity index (χ1) is 13.0. The standard InChI is InChI=1S/C21H24N2O4/c1-22(14-19(24)15-6-4-9-18(13-15)27-2)21(26)16-7-3-8-17(12-16)23-11-5-10-20(23)25/h3-4,6-9,12-13,19,24H,5,10-11,14H2,1-2H3. The fourth-order valence-electron chi connectivity index (χ4n) is 3.24. The van der Waals surface area contributed by atoms with Gasteiger partial charge in [0.05, 0.1) is 19.8 Å². The van der Waals surface area contributed by atoms with Gasteiger partial charge in [0.15, 0.2) is 0 Å². The summed E-state index contributed by atoms with van der Waals surface area (Å²) in [5, 5.41) is 10.5. The number of rotatable bonds is 6. The van der Waals surface area contributed by atoms with Crippen molar-refractivity contribution in [1.29, 1.82) is 0 Å². The Hall–Kier alpha value is -2.86. The third-order valence-corrected chi connectivity index (χ3v) is 4.75. The van der Waals surface area contributed by atoms with Crippen LogP contribution < -0.4 is 9.64 Å². The summed E-state index contributed by atoms with van der Waals surface area (Å²) in [5.41, 5.74) is 1.92. The number of methoxy groups -OCH3 is 1. The predicted molar refractivity (Wildman–Crippen MR) is 103 cm³/mol. The Balaban J connectivity index is 1.70. The number of benzene rings is 2. The Labute approximate surface area is 159 Å². The zero-order valence-corrected chi connectivity index (χ0v) is 15.6. The van der Waals surface area contributed by atoms with Crippen LogP contribution in [-0.4, -0.2) is 49.1 Å². The molecule has 0 saturated carbocycles. The van der Waals surface area contributed by atoms with Gasteiger partial charge in [-0.05, 0) is 42.3 Å². The molecule has 6 nitrogen and oxygen atoms in total. The monoisotopic (exact) mass is 368 g/mol. The maximum atomic E-state index is 12.8. The summed E-state index contributed by atoms with van der Waals surface area (Å²) < 4.78 is 5.17. The molecule has 1 saturated heterocycles. The van der Waals surface area contributed by atoms with Gasteiger partial charge in [0.25, 0.3) is 5.91 Å². The molecule has 1 aliphatic heterocycles. The second-order valence-corrected chi connectivity index (χ2v) is 6.68. The van der Waals surface area contributed by atoms with Gasteiger partial charge in [0.1, 0.15) is 5.75 Å². The van der Waals surface area contributed by atoms with E-state index in [0.717, 1.165) is 12.1 Å². The first kappa shape index (κ1) is 18.9. The third-order valence-electron chi connectivity index (χ3n) is 4.75. The van der Waals surface area contributed by atoms with Crippen molar-refractivity contribution < 1.29 is 19.4 Å². The third kappa shape index (κ3) is 4.28. The number of carbonyl (C=O) groups excluding carboxylic acids is 2. The minimum atomic E-state index is -0.822. The molecule has 1 aliphatic rings. The van der Waals surface area contributed by atoms with Crippen LogP contribution in [0.2, 0.25) is 0 Å². The van der Waals surface area contributed by atoms with Crippen LogP contribution in [0.5, 0.6) is 5.75 Å². The molecule has 6 heteroatoms. The number of hydrogen-bond acceptors (Lipinski definition) is 4. The summed E-state index contributed by atoms with van der Waals surface area (Å²) in [5.74, 6) is 0.537. The van der Waals surface area contributed by atoms with E-state index in [9.17, 15) is 14.7 Å². The molecule has 1 unspecified atom stereocenters. The van der Waals surface area contributed by atoms with E-state index in [0.29, 0.717) is 29.8 Å². The van der Waals surface area contributed by atoms with E-state index in [1.54, 1.807) is 61.5 Å². The van der Waals surface area contributed by atoms with E-state index < -0.39 is 6.10 Å². The average molecular weight is 368 g/mol. The fraction of sp³-hybridized carbons (Fsp3) is 0.333. The van der Waals surface area contributed by atoms with Crippen molar-refractivity contribution in [3.8, 4) is 5.75 Å². The minimum absolute atomic E-state index is 0.0846.